The van der Waals surface area contributed by atoms with Crippen molar-refractivity contribution in [3.63, 3.8) is 0 Å². The fraction of sp³-hybridized carbons (Fsp3) is 0.227. The number of nitrogens with one attached hydrogen (secondary N) is 3. The van der Waals surface area contributed by atoms with E-state index in [0.717, 1.165) is 6.07 Å². The zero-order chi connectivity index (χ0) is 23.6. The van der Waals surface area contributed by atoms with Gasteiger partial charge < -0.3 is 20.4 Å². The number of fused-ring (bicyclic) bond motifs is 1. The van der Waals surface area contributed by atoms with Gasteiger partial charge in [-0.15, -0.1) is 0 Å². The number of rotatable bonds is 5. The van der Waals surface area contributed by atoms with Gasteiger partial charge in [-0.05, 0) is 36.4 Å². The van der Waals surface area contributed by atoms with E-state index < -0.39 is 21.5 Å². The van der Waals surface area contributed by atoms with Gasteiger partial charge in [0.05, 0.1) is 23.7 Å². The van der Waals surface area contributed by atoms with Crippen LogP contribution in [0.25, 0.3) is 10.9 Å². The standard InChI is InChI=1S/C22H22N4O6S/c1-23-21(28)14-3-2-4-15(11-14)24-22(29)18-13-20(27)25-19-6-5-16(12-17(18)19)33(30,31)26-7-9-32-10-8-26/h2-6,11-13H,7-10H2,1H3,(H,23,28)(H,24,29)(H,25,27). The van der Waals surface area contributed by atoms with Crippen LogP contribution in [0.1, 0.15) is 20.7 Å². The van der Waals surface area contributed by atoms with Crippen molar-refractivity contribution in [1.82, 2.24) is 14.6 Å². The molecule has 2 heterocycles. The van der Waals surface area contributed by atoms with Gasteiger partial charge >= 0.3 is 0 Å². The Labute approximate surface area is 189 Å². The minimum absolute atomic E-state index is 0.0122. The number of H-pyrrole nitrogens is 1. The van der Waals surface area contributed by atoms with Crippen LogP contribution in [0.3, 0.4) is 0 Å². The van der Waals surface area contributed by atoms with E-state index in [1.807, 2.05) is 0 Å². The van der Waals surface area contributed by atoms with E-state index in [1.54, 1.807) is 18.2 Å². The zero-order valence-corrected chi connectivity index (χ0v) is 18.6. The molecular formula is C22H22N4O6S. The van der Waals surface area contributed by atoms with E-state index in [-0.39, 0.29) is 34.8 Å². The maximum absolute atomic E-state index is 13.1. The van der Waals surface area contributed by atoms with Crippen molar-refractivity contribution in [3.05, 3.63) is 70.0 Å². The topological polar surface area (TPSA) is 138 Å². The monoisotopic (exact) mass is 470 g/mol. The van der Waals surface area contributed by atoms with Crippen molar-refractivity contribution in [1.29, 1.82) is 0 Å². The van der Waals surface area contributed by atoms with E-state index in [0.29, 0.717) is 30.0 Å². The summed E-state index contributed by atoms with van der Waals surface area (Å²) in [5, 5.41) is 5.46. The van der Waals surface area contributed by atoms with Gasteiger partial charge in [0, 0.05) is 48.4 Å². The number of morpholine rings is 1. The Hall–Kier alpha value is -3.54. The largest absolute Gasteiger partial charge is 0.379 e. The number of anilines is 1. The molecule has 1 aromatic heterocycles. The van der Waals surface area contributed by atoms with Gasteiger partial charge in [0.2, 0.25) is 15.6 Å². The highest BCUT2D eigenvalue weighted by molar-refractivity contribution is 7.89. The molecule has 1 aliphatic rings. The van der Waals surface area contributed by atoms with Crippen molar-refractivity contribution in [2.75, 3.05) is 38.7 Å². The Balaban J connectivity index is 1.73. The first-order chi connectivity index (χ1) is 15.8. The molecule has 0 spiro atoms. The summed E-state index contributed by atoms with van der Waals surface area (Å²) in [6, 6.07) is 11.7. The Bertz CT molecular complexity index is 1390. The first kappa shape index (κ1) is 22.6. The van der Waals surface area contributed by atoms with Gasteiger partial charge in [-0.25, -0.2) is 8.42 Å². The highest BCUT2D eigenvalue weighted by Gasteiger charge is 2.27. The van der Waals surface area contributed by atoms with Crippen LogP contribution >= 0.6 is 0 Å². The molecule has 2 aromatic carbocycles. The van der Waals surface area contributed by atoms with E-state index in [4.69, 9.17) is 4.74 Å². The van der Waals surface area contributed by atoms with E-state index >= 15 is 0 Å². The maximum Gasteiger partial charge on any atom is 0.256 e. The number of hydrogen-bond acceptors (Lipinski definition) is 6. The predicted molar refractivity (Wildman–Crippen MR) is 122 cm³/mol. The van der Waals surface area contributed by atoms with Gasteiger partial charge in [0.25, 0.3) is 11.8 Å². The van der Waals surface area contributed by atoms with Crippen LogP contribution in [-0.4, -0.2) is 62.9 Å². The molecule has 0 atom stereocenters. The van der Waals surface area contributed by atoms with Crippen LogP contribution in [0.2, 0.25) is 0 Å². The number of aromatic nitrogens is 1. The lowest BCUT2D eigenvalue weighted by atomic mass is 10.1. The summed E-state index contributed by atoms with van der Waals surface area (Å²) in [5.41, 5.74) is 0.540. The van der Waals surface area contributed by atoms with Crippen molar-refractivity contribution in [2.24, 2.45) is 0 Å². The van der Waals surface area contributed by atoms with Crippen LogP contribution in [0, 0.1) is 0 Å². The summed E-state index contributed by atoms with van der Waals surface area (Å²) in [6.45, 7) is 1.09. The lowest BCUT2D eigenvalue weighted by Crippen LogP contribution is -2.40. The number of benzene rings is 2. The number of carbonyl (C=O) groups excluding carboxylic acids is 2. The molecule has 10 nitrogen and oxygen atoms in total. The van der Waals surface area contributed by atoms with E-state index in [2.05, 4.69) is 15.6 Å². The summed E-state index contributed by atoms with van der Waals surface area (Å²) in [5.74, 6) is -0.924. The molecule has 1 saturated heterocycles. The Morgan fingerprint density at radius 2 is 1.79 bits per heavy atom. The number of ether oxygens (including phenoxy) is 1. The van der Waals surface area contributed by atoms with Crippen LogP contribution in [0.5, 0.6) is 0 Å². The molecule has 1 fully saturated rings. The number of hydrogen-bond donors (Lipinski definition) is 3. The molecule has 2 amide bonds. The molecule has 0 unspecified atom stereocenters. The molecule has 1 aliphatic heterocycles. The lowest BCUT2D eigenvalue weighted by molar-refractivity contribution is 0.0730. The molecule has 3 N–H and O–H groups in total. The fourth-order valence-corrected chi connectivity index (χ4v) is 5.03. The number of sulfonamides is 1. The molecule has 0 radical (unpaired) electrons. The number of pyridine rings is 1. The zero-order valence-electron chi connectivity index (χ0n) is 17.8. The van der Waals surface area contributed by atoms with Crippen LogP contribution < -0.4 is 16.2 Å². The van der Waals surface area contributed by atoms with Gasteiger partial charge in [0.1, 0.15) is 0 Å². The van der Waals surface area contributed by atoms with Crippen molar-refractivity contribution >= 4 is 38.4 Å². The third kappa shape index (κ3) is 4.65. The van der Waals surface area contributed by atoms with Crippen molar-refractivity contribution in [2.45, 2.75) is 4.90 Å². The molecule has 172 valence electrons. The average molecular weight is 471 g/mol. The minimum atomic E-state index is -3.80. The minimum Gasteiger partial charge on any atom is -0.379 e. The second-order valence-electron chi connectivity index (χ2n) is 7.39. The Kier molecular flexibility index (Phi) is 6.27. The van der Waals surface area contributed by atoms with Crippen molar-refractivity contribution in [3.8, 4) is 0 Å². The smallest absolute Gasteiger partial charge is 0.256 e. The number of amides is 2. The summed E-state index contributed by atoms with van der Waals surface area (Å²) >= 11 is 0. The Morgan fingerprint density at radius 1 is 1.03 bits per heavy atom. The first-order valence-corrected chi connectivity index (χ1v) is 11.6. The lowest BCUT2D eigenvalue weighted by Gasteiger charge is -2.26. The number of nitrogens with zero attached hydrogens (tertiary/aromatic N) is 1. The van der Waals surface area contributed by atoms with Gasteiger partial charge in [-0.3, -0.25) is 14.4 Å². The number of aromatic amines is 1. The SMILES string of the molecule is CNC(=O)c1cccc(NC(=O)c2cc(=O)[nH]c3ccc(S(=O)(=O)N4CCOCC4)cc23)c1. The van der Waals surface area contributed by atoms with Crippen molar-refractivity contribution < 1.29 is 22.7 Å². The molecule has 11 heteroatoms. The maximum atomic E-state index is 13.1. The third-order valence-corrected chi connectivity index (χ3v) is 7.17. The van der Waals surface area contributed by atoms with Crippen LogP contribution in [-0.2, 0) is 14.8 Å². The summed E-state index contributed by atoms with van der Waals surface area (Å²) in [4.78, 5) is 39.7. The highest BCUT2D eigenvalue weighted by atomic mass is 32.2. The number of carbonyl (C=O) groups is 2. The van der Waals surface area contributed by atoms with Gasteiger partial charge in [0.15, 0.2) is 0 Å². The normalized spacial score (nSPS) is 14.7. The summed E-state index contributed by atoms with van der Waals surface area (Å²) in [6.07, 6.45) is 0. The molecule has 0 saturated carbocycles. The molecule has 33 heavy (non-hydrogen) atoms. The van der Waals surface area contributed by atoms with Crippen LogP contribution in [0.15, 0.2) is 58.2 Å². The molecule has 0 aliphatic carbocycles. The second-order valence-corrected chi connectivity index (χ2v) is 9.32. The highest BCUT2D eigenvalue weighted by Crippen LogP contribution is 2.24. The average Bonchev–Trinajstić information content (AvgIpc) is 2.83. The van der Waals surface area contributed by atoms with Crippen LogP contribution in [0.4, 0.5) is 5.69 Å². The van der Waals surface area contributed by atoms with E-state index in [1.165, 1.54) is 35.6 Å². The molecule has 4 rings (SSSR count). The second kappa shape index (κ2) is 9.14. The van der Waals surface area contributed by atoms with Gasteiger partial charge in [-0.2, -0.15) is 4.31 Å². The van der Waals surface area contributed by atoms with E-state index in [9.17, 15) is 22.8 Å². The first-order valence-electron chi connectivity index (χ1n) is 10.2. The predicted octanol–water partition coefficient (Wildman–Crippen LogP) is 1.16. The molecule has 3 aromatic rings. The fourth-order valence-electron chi connectivity index (χ4n) is 3.60. The Morgan fingerprint density at radius 3 is 2.52 bits per heavy atom. The third-order valence-electron chi connectivity index (χ3n) is 5.28. The quantitative estimate of drug-likeness (QED) is 0.512. The van der Waals surface area contributed by atoms with Gasteiger partial charge in [-0.1, -0.05) is 6.07 Å². The summed E-state index contributed by atoms with van der Waals surface area (Å²) < 4.78 is 32.7. The molecular weight excluding hydrogens is 448 g/mol. The summed E-state index contributed by atoms with van der Waals surface area (Å²) in [7, 11) is -2.30. The molecule has 0 bridgehead atoms.